The van der Waals surface area contributed by atoms with E-state index in [1.165, 1.54) is 0 Å². The first kappa shape index (κ1) is 23.1. The Kier molecular flexibility index (Phi) is 8.44. The largest absolute Gasteiger partial charge is 0.494 e. The third-order valence-electron chi connectivity index (χ3n) is 4.86. The van der Waals surface area contributed by atoms with Gasteiger partial charge in [0.15, 0.2) is 0 Å². The number of nitriles is 1. The number of benzene rings is 2. The normalized spacial score (nSPS) is 11.5. The fraction of sp³-hybridized carbons (Fsp3) is 0.280. The Morgan fingerprint density at radius 2 is 1.81 bits per heavy atom. The number of nitrogens with one attached hydrogen (secondary N) is 2. The fourth-order valence-electron chi connectivity index (χ4n) is 3.16. The molecule has 0 aliphatic carbocycles. The Labute approximate surface area is 187 Å². The molecule has 7 heteroatoms. The lowest BCUT2D eigenvalue weighted by Gasteiger charge is -2.13. The van der Waals surface area contributed by atoms with E-state index in [0.717, 1.165) is 29.0 Å². The first-order chi connectivity index (χ1) is 15.6. The van der Waals surface area contributed by atoms with Crippen molar-refractivity contribution in [3.8, 4) is 28.7 Å². The molecule has 0 saturated heterocycles. The van der Waals surface area contributed by atoms with Crippen molar-refractivity contribution in [1.82, 2.24) is 10.3 Å². The molecule has 2 aromatic carbocycles. The number of aromatic nitrogens is 1. The number of aromatic amines is 1. The minimum atomic E-state index is -0.582. The number of pyridine rings is 1. The molecule has 0 fully saturated rings. The standard InChI is InChI=1S/C25H27N3O4/c1-18-24(14-20(15-26)25(30)28-18)19-8-10-23(11-9-19)31-13-5-12-27-16-21(29)17-32-22-6-3-2-4-7-22/h2-4,6-11,14,21,27,29H,5,12-13,16-17H2,1H3,(H,28,30)/t21-/m0/s1. The number of aliphatic hydroxyl groups is 1. The van der Waals surface area contributed by atoms with Crippen molar-refractivity contribution in [3.63, 3.8) is 0 Å². The minimum absolute atomic E-state index is 0.0928. The second-order valence-electron chi connectivity index (χ2n) is 7.37. The fourth-order valence-corrected chi connectivity index (χ4v) is 3.16. The highest BCUT2D eigenvalue weighted by Crippen LogP contribution is 2.24. The van der Waals surface area contributed by atoms with Crippen LogP contribution in [-0.2, 0) is 0 Å². The Morgan fingerprint density at radius 1 is 1.09 bits per heavy atom. The van der Waals surface area contributed by atoms with Crippen LogP contribution in [0.5, 0.6) is 11.5 Å². The van der Waals surface area contributed by atoms with Crippen LogP contribution in [0.1, 0.15) is 17.7 Å². The summed E-state index contributed by atoms with van der Waals surface area (Å²) in [6, 6.07) is 20.5. The molecule has 3 rings (SSSR count). The Hall–Kier alpha value is -3.60. The van der Waals surface area contributed by atoms with Crippen LogP contribution in [0.2, 0.25) is 0 Å². The van der Waals surface area contributed by atoms with E-state index in [1.54, 1.807) is 13.0 Å². The molecule has 0 radical (unpaired) electrons. The highest BCUT2D eigenvalue weighted by atomic mass is 16.5. The van der Waals surface area contributed by atoms with Crippen LogP contribution in [0.3, 0.4) is 0 Å². The van der Waals surface area contributed by atoms with Crippen LogP contribution < -0.4 is 20.3 Å². The third-order valence-corrected chi connectivity index (χ3v) is 4.86. The number of aliphatic hydroxyl groups excluding tert-OH is 1. The van der Waals surface area contributed by atoms with E-state index < -0.39 is 6.10 Å². The van der Waals surface area contributed by atoms with E-state index in [-0.39, 0.29) is 17.7 Å². The number of para-hydroxylation sites is 1. The van der Waals surface area contributed by atoms with Crippen molar-refractivity contribution in [2.75, 3.05) is 26.3 Å². The number of nitrogens with zero attached hydrogens (tertiary/aromatic N) is 1. The quantitative estimate of drug-likeness (QED) is 0.401. The van der Waals surface area contributed by atoms with Crippen LogP contribution >= 0.6 is 0 Å². The number of H-pyrrole nitrogens is 1. The average molecular weight is 434 g/mol. The molecule has 0 unspecified atom stereocenters. The molecule has 32 heavy (non-hydrogen) atoms. The first-order valence-corrected chi connectivity index (χ1v) is 10.5. The maximum absolute atomic E-state index is 11.7. The van der Waals surface area contributed by atoms with Crippen LogP contribution in [-0.4, -0.2) is 42.5 Å². The zero-order chi connectivity index (χ0) is 22.8. The van der Waals surface area contributed by atoms with Crippen LogP contribution in [0.15, 0.2) is 65.5 Å². The molecule has 7 nitrogen and oxygen atoms in total. The lowest BCUT2D eigenvalue weighted by Crippen LogP contribution is -2.32. The summed E-state index contributed by atoms with van der Waals surface area (Å²) < 4.78 is 11.3. The van der Waals surface area contributed by atoms with Gasteiger partial charge in [-0.15, -0.1) is 0 Å². The molecule has 166 valence electrons. The molecule has 0 amide bonds. The smallest absolute Gasteiger partial charge is 0.266 e. The summed E-state index contributed by atoms with van der Waals surface area (Å²) in [4.78, 5) is 14.4. The van der Waals surface area contributed by atoms with Gasteiger partial charge in [-0.25, -0.2) is 0 Å². The summed E-state index contributed by atoms with van der Waals surface area (Å²) >= 11 is 0. The highest BCUT2D eigenvalue weighted by Gasteiger charge is 2.08. The van der Waals surface area contributed by atoms with Gasteiger partial charge in [0.05, 0.1) is 6.61 Å². The Balaban J connectivity index is 1.36. The van der Waals surface area contributed by atoms with E-state index in [4.69, 9.17) is 14.7 Å². The number of ether oxygens (including phenoxy) is 2. The van der Waals surface area contributed by atoms with Gasteiger partial charge in [0.2, 0.25) is 0 Å². The molecule has 1 atom stereocenters. The van der Waals surface area contributed by atoms with Gasteiger partial charge in [0.1, 0.15) is 35.8 Å². The van der Waals surface area contributed by atoms with E-state index >= 15 is 0 Å². The van der Waals surface area contributed by atoms with Crippen molar-refractivity contribution >= 4 is 0 Å². The third kappa shape index (κ3) is 6.71. The zero-order valence-electron chi connectivity index (χ0n) is 18.0. The second kappa shape index (κ2) is 11.7. The molecule has 0 aliphatic rings. The molecule has 1 aromatic heterocycles. The monoisotopic (exact) mass is 433 g/mol. The van der Waals surface area contributed by atoms with Gasteiger partial charge in [-0.2, -0.15) is 5.26 Å². The van der Waals surface area contributed by atoms with E-state index in [2.05, 4.69) is 10.3 Å². The lowest BCUT2D eigenvalue weighted by molar-refractivity contribution is 0.106. The molecule has 1 heterocycles. The topological polar surface area (TPSA) is 107 Å². The van der Waals surface area contributed by atoms with Crippen LogP contribution in [0.25, 0.3) is 11.1 Å². The molecule has 3 N–H and O–H groups in total. The Bertz CT molecular complexity index is 1090. The number of hydrogen-bond donors (Lipinski definition) is 3. The average Bonchev–Trinajstić information content (AvgIpc) is 2.81. The summed E-state index contributed by atoms with van der Waals surface area (Å²) in [5.74, 6) is 1.49. The highest BCUT2D eigenvalue weighted by molar-refractivity contribution is 5.67. The Morgan fingerprint density at radius 3 is 2.53 bits per heavy atom. The van der Waals surface area contributed by atoms with Crippen molar-refractivity contribution < 1.29 is 14.6 Å². The first-order valence-electron chi connectivity index (χ1n) is 10.5. The molecule has 0 spiro atoms. The van der Waals surface area contributed by atoms with E-state index in [9.17, 15) is 9.90 Å². The number of rotatable bonds is 11. The molecular formula is C25H27N3O4. The maximum Gasteiger partial charge on any atom is 0.266 e. The minimum Gasteiger partial charge on any atom is -0.494 e. The van der Waals surface area contributed by atoms with E-state index in [0.29, 0.717) is 25.4 Å². The van der Waals surface area contributed by atoms with Gasteiger partial charge >= 0.3 is 0 Å². The van der Waals surface area contributed by atoms with Gasteiger partial charge in [0.25, 0.3) is 5.56 Å². The summed E-state index contributed by atoms with van der Waals surface area (Å²) in [5, 5.41) is 22.2. The second-order valence-corrected chi connectivity index (χ2v) is 7.37. The van der Waals surface area contributed by atoms with Gasteiger partial charge in [-0.05, 0) is 55.8 Å². The van der Waals surface area contributed by atoms with Gasteiger partial charge in [0, 0.05) is 17.8 Å². The van der Waals surface area contributed by atoms with Gasteiger partial charge < -0.3 is 24.9 Å². The SMILES string of the molecule is Cc1[nH]c(=O)c(C#N)cc1-c1ccc(OCCCNC[C@H](O)COc2ccccc2)cc1. The van der Waals surface area contributed by atoms with Crippen molar-refractivity contribution in [1.29, 1.82) is 5.26 Å². The van der Waals surface area contributed by atoms with Crippen molar-refractivity contribution in [3.05, 3.63) is 82.3 Å². The number of hydrogen-bond acceptors (Lipinski definition) is 6. The zero-order valence-corrected chi connectivity index (χ0v) is 18.0. The van der Waals surface area contributed by atoms with Crippen molar-refractivity contribution in [2.45, 2.75) is 19.4 Å². The van der Waals surface area contributed by atoms with E-state index in [1.807, 2.05) is 60.7 Å². The van der Waals surface area contributed by atoms with Gasteiger partial charge in [-0.1, -0.05) is 30.3 Å². The molecule has 0 aliphatic heterocycles. The van der Waals surface area contributed by atoms with Gasteiger partial charge in [-0.3, -0.25) is 4.79 Å². The molecule has 0 bridgehead atoms. The van der Waals surface area contributed by atoms with Crippen LogP contribution in [0, 0.1) is 18.3 Å². The summed E-state index contributed by atoms with van der Waals surface area (Å²) in [6.45, 7) is 3.75. The van der Waals surface area contributed by atoms with Crippen LogP contribution in [0.4, 0.5) is 0 Å². The van der Waals surface area contributed by atoms with Crippen molar-refractivity contribution in [2.24, 2.45) is 0 Å². The summed E-state index contributed by atoms with van der Waals surface area (Å²) in [5.41, 5.74) is 2.14. The predicted molar refractivity (Wildman–Crippen MR) is 123 cm³/mol. The predicted octanol–water partition coefficient (Wildman–Crippen LogP) is 3.02. The summed E-state index contributed by atoms with van der Waals surface area (Å²) in [6.07, 6.45) is 0.208. The number of aryl methyl sites for hydroxylation is 1. The molecular weight excluding hydrogens is 406 g/mol. The lowest BCUT2D eigenvalue weighted by atomic mass is 10.0. The summed E-state index contributed by atoms with van der Waals surface area (Å²) in [7, 11) is 0. The molecule has 3 aromatic rings. The maximum atomic E-state index is 11.7. The molecule has 0 saturated carbocycles.